The Labute approximate surface area is 186 Å². The standard InChI is InChI=1S/C25H25NO6/c1-14-2-4-17(5-3-14)29-12-22(28)32-25-19(27)8-15-6-7-26-11-16-9-20-21(31-13-30-20)10-18(16)23(25)24(15)26/h2-5,8-10,19,23-25,27H,6-7,11-13H2,1H3. The molecule has 32 heavy (non-hydrogen) atoms. The molecule has 6 rings (SSSR count). The first-order valence-electron chi connectivity index (χ1n) is 11.0. The summed E-state index contributed by atoms with van der Waals surface area (Å²) in [6, 6.07) is 11.6. The van der Waals surface area contributed by atoms with E-state index in [4.69, 9.17) is 18.9 Å². The fourth-order valence-corrected chi connectivity index (χ4v) is 5.44. The van der Waals surface area contributed by atoms with Crippen LogP contribution in [0.25, 0.3) is 0 Å². The summed E-state index contributed by atoms with van der Waals surface area (Å²) in [6.07, 6.45) is 1.22. The van der Waals surface area contributed by atoms with E-state index in [0.717, 1.165) is 42.0 Å². The molecule has 0 spiro atoms. The zero-order valence-corrected chi connectivity index (χ0v) is 17.8. The van der Waals surface area contributed by atoms with Crippen LogP contribution in [-0.4, -0.2) is 54.2 Å². The van der Waals surface area contributed by atoms with Crippen LogP contribution in [0.1, 0.15) is 29.0 Å². The van der Waals surface area contributed by atoms with E-state index in [2.05, 4.69) is 4.90 Å². The van der Waals surface area contributed by atoms with Crippen LogP contribution in [0.4, 0.5) is 0 Å². The second kappa shape index (κ2) is 7.53. The predicted molar refractivity (Wildman–Crippen MR) is 115 cm³/mol. The second-order valence-electron chi connectivity index (χ2n) is 8.88. The third-order valence-corrected chi connectivity index (χ3v) is 6.89. The highest BCUT2D eigenvalue weighted by molar-refractivity contribution is 5.71. The topological polar surface area (TPSA) is 77.5 Å². The highest BCUT2D eigenvalue weighted by Gasteiger charge is 2.50. The van der Waals surface area contributed by atoms with E-state index < -0.39 is 18.2 Å². The normalized spacial score (nSPS) is 27.4. The van der Waals surface area contributed by atoms with E-state index in [-0.39, 0.29) is 25.4 Å². The summed E-state index contributed by atoms with van der Waals surface area (Å²) in [5, 5.41) is 10.9. The summed E-state index contributed by atoms with van der Waals surface area (Å²) in [5.74, 6) is 1.39. The van der Waals surface area contributed by atoms with Crippen LogP contribution in [0.2, 0.25) is 0 Å². The van der Waals surface area contributed by atoms with Gasteiger partial charge in [-0.15, -0.1) is 0 Å². The molecule has 1 N–H and O–H groups in total. The van der Waals surface area contributed by atoms with Gasteiger partial charge in [0, 0.05) is 25.0 Å². The van der Waals surface area contributed by atoms with Gasteiger partial charge in [0.25, 0.3) is 0 Å². The van der Waals surface area contributed by atoms with Crippen LogP contribution in [-0.2, 0) is 16.1 Å². The molecule has 4 aliphatic rings. The molecule has 1 fully saturated rings. The molecule has 0 bridgehead atoms. The largest absolute Gasteiger partial charge is 0.482 e. The minimum absolute atomic E-state index is 0.113. The summed E-state index contributed by atoms with van der Waals surface area (Å²) in [6.45, 7) is 3.71. The lowest BCUT2D eigenvalue weighted by atomic mass is 9.73. The van der Waals surface area contributed by atoms with E-state index in [9.17, 15) is 9.90 Å². The van der Waals surface area contributed by atoms with Gasteiger partial charge in [-0.25, -0.2) is 4.79 Å². The van der Waals surface area contributed by atoms with Gasteiger partial charge in [-0.1, -0.05) is 29.3 Å². The fourth-order valence-electron chi connectivity index (χ4n) is 5.44. The zero-order valence-electron chi connectivity index (χ0n) is 17.8. The van der Waals surface area contributed by atoms with Gasteiger partial charge in [0.15, 0.2) is 18.1 Å². The number of aliphatic hydroxyl groups is 1. The van der Waals surface area contributed by atoms with Crippen LogP contribution in [0.3, 0.4) is 0 Å². The molecule has 0 amide bonds. The van der Waals surface area contributed by atoms with Crippen molar-refractivity contribution in [1.82, 2.24) is 4.90 Å². The Bertz CT molecular complexity index is 1090. The van der Waals surface area contributed by atoms with Crippen LogP contribution >= 0.6 is 0 Å². The molecule has 4 unspecified atom stereocenters. The Balaban J connectivity index is 1.28. The van der Waals surface area contributed by atoms with Crippen molar-refractivity contribution in [2.75, 3.05) is 19.9 Å². The van der Waals surface area contributed by atoms with Gasteiger partial charge in [0.1, 0.15) is 18.0 Å². The summed E-state index contributed by atoms with van der Waals surface area (Å²) < 4.78 is 22.6. The Hall–Kier alpha value is -3.03. The van der Waals surface area contributed by atoms with Crippen molar-refractivity contribution in [3.05, 3.63) is 64.7 Å². The van der Waals surface area contributed by atoms with Crippen LogP contribution in [0.15, 0.2) is 48.0 Å². The summed E-state index contributed by atoms with van der Waals surface area (Å²) >= 11 is 0. The maximum Gasteiger partial charge on any atom is 0.344 e. The quantitative estimate of drug-likeness (QED) is 0.584. The first-order chi connectivity index (χ1) is 15.6. The monoisotopic (exact) mass is 435 g/mol. The van der Waals surface area contributed by atoms with Gasteiger partial charge in [-0.05, 0) is 48.7 Å². The number of ether oxygens (including phenoxy) is 4. The maximum atomic E-state index is 12.7. The van der Waals surface area contributed by atoms with Crippen molar-refractivity contribution in [2.24, 2.45) is 0 Å². The second-order valence-corrected chi connectivity index (χ2v) is 8.88. The third kappa shape index (κ3) is 3.24. The average molecular weight is 435 g/mol. The SMILES string of the molecule is Cc1ccc(OCC(=O)OC2C(O)C=C3CCN4Cc5cc6c(cc5C2C34)OCO6)cc1. The summed E-state index contributed by atoms with van der Waals surface area (Å²) in [7, 11) is 0. The minimum Gasteiger partial charge on any atom is -0.482 e. The van der Waals surface area contributed by atoms with E-state index in [1.165, 1.54) is 5.57 Å². The predicted octanol–water partition coefficient (Wildman–Crippen LogP) is 2.69. The molecule has 0 saturated carbocycles. The molecule has 0 radical (unpaired) electrons. The molecule has 1 saturated heterocycles. The molecule has 1 aliphatic carbocycles. The lowest BCUT2D eigenvalue weighted by molar-refractivity contribution is -0.159. The molecule has 7 heteroatoms. The fraction of sp³-hybridized carbons (Fsp3) is 0.400. The van der Waals surface area contributed by atoms with Gasteiger partial charge in [0.2, 0.25) is 6.79 Å². The number of carbonyl (C=O) groups is 1. The molecule has 2 aromatic rings. The van der Waals surface area contributed by atoms with E-state index in [1.54, 1.807) is 0 Å². The third-order valence-electron chi connectivity index (χ3n) is 6.89. The first kappa shape index (κ1) is 19.6. The lowest BCUT2D eigenvalue weighted by Gasteiger charge is -2.45. The highest BCUT2D eigenvalue weighted by atomic mass is 16.7. The average Bonchev–Trinajstić information content (AvgIpc) is 3.41. The van der Waals surface area contributed by atoms with Gasteiger partial charge in [0.05, 0.1) is 0 Å². The molecule has 3 heterocycles. The molecule has 166 valence electrons. The lowest BCUT2D eigenvalue weighted by Crippen LogP contribution is -2.51. The first-order valence-corrected chi connectivity index (χ1v) is 11.0. The van der Waals surface area contributed by atoms with Crippen LogP contribution < -0.4 is 14.2 Å². The number of benzene rings is 2. The van der Waals surface area contributed by atoms with Crippen LogP contribution in [0, 0.1) is 6.92 Å². The number of fused-ring (bicyclic) bond motifs is 3. The van der Waals surface area contributed by atoms with Gasteiger partial charge in [-0.3, -0.25) is 4.90 Å². The maximum absolute atomic E-state index is 12.7. The molecule has 2 aromatic carbocycles. The van der Waals surface area contributed by atoms with Gasteiger partial charge < -0.3 is 24.1 Å². The summed E-state index contributed by atoms with van der Waals surface area (Å²) in [4.78, 5) is 15.1. The van der Waals surface area contributed by atoms with Crippen molar-refractivity contribution >= 4 is 5.97 Å². The number of carbonyl (C=O) groups excluding carboxylic acids is 1. The van der Waals surface area contributed by atoms with Gasteiger partial charge in [-0.2, -0.15) is 0 Å². The number of nitrogens with zero attached hydrogens (tertiary/aromatic N) is 1. The molecule has 7 nitrogen and oxygen atoms in total. The highest BCUT2D eigenvalue weighted by Crippen LogP contribution is 2.50. The van der Waals surface area contributed by atoms with Crippen molar-refractivity contribution in [1.29, 1.82) is 0 Å². The Morgan fingerprint density at radius 2 is 1.97 bits per heavy atom. The number of aryl methyl sites for hydroxylation is 1. The van der Waals surface area contributed by atoms with E-state index in [1.807, 2.05) is 49.4 Å². The molecule has 4 atom stereocenters. The van der Waals surface area contributed by atoms with Crippen molar-refractivity contribution < 1.29 is 28.8 Å². The van der Waals surface area contributed by atoms with Crippen LogP contribution in [0.5, 0.6) is 17.2 Å². The Kier molecular flexibility index (Phi) is 4.62. The minimum atomic E-state index is -0.870. The van der Waals surface area contributed by atoms with E-state index in [0.29, 0.717) is 11.5 Å². The zero-order chi connectivity index (χ0) is 21.8. The number of hydrogen-bond acceptors (Lipinski definition) is 7. The van der Waals surface area contributed by atoms with Crippen molar-refractivity contribution in [2.45, 2.75) is 44.1 Å². The Morgan fingerprint density at radius 3 is 2.78 bits per heavy atom. The number of esters is 1. The molecular formula is C25H25NO6. The number of rotatable bonds is 4. The van der Waals surface area contributed by atoms with Crippen molar-refractivity contribution in [3.8, 4) is 17.2 Å². The van der Waals surface area contributed by atoms with Gasteiger partial charge >= 0.3 is 5.97 Å². The number of aliphatic hydroxyl groups excluding tert-OH is 1. The summed E-state index contributed by atoms with van der Waals surface area (Å²) in [5.41, 5.74) is 4.52. The molecule has 3 aliphatic heterocycles. The van der Waals surface area contributed by atoms with E-state index >= 15 is 0 Å². The molecular weight excluding hydrogens is 410 g/mol. The Morgan fingerprint density at radius 1 is 1.19 bits per heavy atom. The van der Waals surface area contributed by atoms with Crippen molar-refractivity contribution in [3.63, 3.8) is 0 Å². The molecule has 0 aromatic heterocycles. The smallest absolute Gasteiger partial charge is 0.344 e. The number of hydrogen-bond donors (Lipinski definition) is 1.